The van der Waals surface area contributed by atoms with Crippen LogP contribution in [0.1, 0.15) is 11.1 Å². The first-order valence-corrected chi connectivity index (χ1v) is 11.3. The summed E-state index contributed by atoms with van der Waals surface area (Å²) in [6.45, 7) is 2.74. The highest BCUT2D eigenvalue weighted by molar-refractivity contribution is 9.10. The number of alkyl halides is 3. The number of nitrogens with zero attached hydrogens (tertiary/aromatic N) is 3. The molecule has 3 heterocycles. The van der Waals surface area contributed by atoms with Crippen molar-refractivity contribution in [2.75, 3.05) is 25.2 Å². The number of methoxy groups -OCH3 is 1. The first-order valence-electron chi connectivity index (χ1n) is 10.5. The normalized spacial score (nSPS) is 15.9. The Morgan fingerprint density at radius 3 is 2.76 bits per heavy atom. The minimum Gasteiger partial charge on any atom is -0.488 e. The monoisotopic (exact) mass is 532 g/mol. The Hall–Kier alpha value is -3.11. The van der Waals surface area contributed by atoms with Crippen molar-refractivity contribution < 1.29 is 22.6 Å². The van der Waals surface area contributed by atoms with E-state index in [2.05, 4.69) is 35.8 Å². The molecule has 5 rings (SSSR count). The molecule has 6 nitrogen and oxygen atoms in total. The lowest BCUT2D eigenvalue weighted by Crippen LogP contribution is -2.43. The summed E-state index contributed by atoms with van der Waals surface area (Å²) in [5.41, 5.74) is 2.39. The molecule has 1 aliphatic heterocycles. The van der Waals surface area contributed by atoms with E-state index in [1.807, 2.05) is 37.3 Å². The summed E-state index contributed by atoms with van der Waals surface area (Å²) in [5.74, 6) is 1.73. The molecule has 1 atom stereocenters. The van der Waals surface area contributed by atoms with Gasteiger partial charge >= 0.3 is 6.18 Å². The van der Waals surface area contributed by atoms with Gasteiger partial charge in [0, 0.05) is 17.8 Å². The number of para-hydroxylation sites is 1. The van der Waals surface area contributed by atoms with Crippen molar-refractivity contribution in [2.45, 2.75) is 19.1 Å². The van der Waals surface area contributed by atoms with E-state index in [9.17, 15) is 13.2 Å². The summed E-state index contributed by atoms with van der Waals surface area (Å²) in [6.07, 6.45) is -2.66. The number of aryl methyl sites for hydroxylation is 1. The number of nitrogens with one attached hydrogen (secondary N) is 1. The number of aromatic nitrogens is 3. The Kier molecular flexibility index (Phi) is 5.73. The zero-order chi connectivity index (χ0) is 24.0. The number of benzene rings is 2. The van der Waals surface area contributed by atoms with Crippen LogP contribution in [0.4, 0.5) is 24.7 Å². The molecule has 0 fully saturated rings. The Bertz CT molecular complexity index is 1360. The molecule has 176 valence electrons. The first-order chi connectivity index (χ1) is 16.3. The number of H-pyrrole nitrogens is 1. The number of imidazole rings is 1. The largest absolute Gasteiger partial charge is 0.488 e. The average molecular weight is 533 g/mol. The number of rotatable bonds is 4. The second-order valence-electron chi connectivity index (χ2n) is 8.08. The smallest absolute Gasteiger partial charge is 0.416 e. The maximum atomic E-state index is 13.3. The third-order valence-electron chi connectivity index (χ3n) is 5.66. The van der Waals surface area contributed by atoms with Gasteiger partial charge in [0.15, 0.2) is 5.75 Å². The molecule has 34 heavy (non-hydrogen) atoms. The molecule has 4 aromatic rings. The Balaban J connectivity index is 1.64. The van der Waals surface area contributed by atoms with Gasteiger partial charge in [0.05, 0.1) is 35.0 Å². The topological polar surface area (TPSA) is 63.3 Å². The fourth-order valence-electron chi connectivity index (χ4n) is 4.10. The lowest BCUT2D eigenvalue weighted by molar-refractivity contribution is -0.137. The van der Waals surface area contributed by atoms with Gasteiger partial charge in [0.25, 0.3) is 0 Å². The molecule has 0 amide bonds. The molecule has 0 saturated carbocycles. The van der Waals surface area contributed by atoms with Gasteiger partial charge in [0.1, 0.15) is 23.8 Å². The maximum absolute atomic E-state index is 13.3. The van der Waals surface area contributed by atoms with Gasteiger partial charge in [-0.25, -0.2) is 9.97 Å². The summed E-state index contributed by atoms with van der Waals surface area (Å²) in [6, 6.07) is 11.5. The number of ether oxygens (including phenoxy) is 2. The highest BCUT2D eigenvalue weighted by Crippen LogP contribution is 2.45. The van der Waals surface area contributed by atoms with Gasteiger partial charge in [-0.3, -0.25) is 0 Å². The van der Waals surface area contributed by atoms with Crippen molar-refractivity contribution in [2.24, 2.45) is 0 Å². The Labute approximate surface area is 201 Å². The van der Waals surface area contributed by atoms with Crippen LogP contribution < -0.4 is 9.64 Å². The number of hydrogen-bond donors (Lipinski definition) is 1. The van der Waals surface area contributed by atoms with Crippen molar-refractivity contribution in [3.05, 3.63) is 64.3 Å². The number of halogens is 4. The zero-order valence-corrected chi connectivity index (χ0v) is 19.9. The van der Waals surface area contributed by atoms with E-state index < -0.39 is 11.7 Å². The molecule has 0 radical (unpaired) electrons. The third-order valence-corrected chi connectivity index (χ3v) is 6.27. The highest BCUT2D eigenvalue weighted by atomic mass is 79.9. The number of fused-ring (bicyclic) bond motifs is 2. The van der Waals surface area contributed by atoms with Gasteiger partial charge in [-0.15, -0.1) is 0 Å². The highest BCUT2D eigenvalue weighted by Gasteiger charge is 2.33. The van der Waals surface area contributed by atoms with Crippen LogP contribution in [0.5, 0.6) is 5.75 Å². The van der Waals surface area contributed by atoms with Gasteiger partial charge in [-0.05, 0) is 58.7 Å². The molecule has 0 bridgehead atoms. The van der Waals surface area contributed by atoms with Gasteiger partial charge in [-0.1, -0.05) is 12.1 Å². The summed E-state index contributed by atoms with van der Waals surface area (Å²) in [5, 5.41) is 0. The summed E-state index contributed by atoms with van der Waals surface area (Å²) in [4.78, 5) is 14.3. The zero-order valence-electron chi connectivity index (χ0n) is 18.3. The number of hydrogen-bond acceptors (Lipinski definition) is 5. The predicted octanol–water partition coefficient (Wildman–Crippen LogP) is 6.26. The van der Waals surface area contributed by atoms with E-state index in [-0.39, 0.29) is 16.0 Å². The second-order valence-corrected chi connectivity index (χ2v) is 8.93. The van der Waals surface area contributed by atoms with Crippen LogP contribution in [0.2, 0.25) is 0 Å². The number of anilines is 2. The molecule has 1 unspecified atom stereocenters. The standard InChI is InChI=1S/C24H20BrF3N4O2/c1-13-6-7-20(29-10-13)32-15(11-33-2)12-34-22-16(4-3-5-19(22)32)23-30-18-9-14(24(26,27)28)8-17(25)21(18)31-23/h3-10,15H,11-12H2,1-2H3,(H,30,31). The molecule has 10 heteroatoms. The summed E-state index contributed by atoms with van der Waals surface area (Å²) >= 11 is 3.23. The molecule has 1 aliphatic rings. The van der Waals surface area contributed by atoms with Crippen LogP contribution in [0.15, 0.2) is 53.1 Å². The molecule has 0 spiro atoms. The second kappa shape index (κ2) is 8.59. The lowest BCUT2D eigenvalue weighted by atomic mass is 10.1. The first kappa shape index (κ1) is 22.7. The number of aromatic amines is 1. The Morgan fingerprint density at radius 2 is 2.06 bits per heavy atom. The van der Waals surface area contributed by atoms with E-state index in [1.165, 1.54) is 0 Å². The van der Waals surface area contributed by atoms with E-state index in [1.54, 1.807) is 13.3 Å². The van der Waals surface area contributed by atoms with Crippen molar-refractivity contribution >= 4 is 38.5 Å². The quantitative estimate of drug-likeness (QED) is 0.336. The lowest BCUT2D eigenvalue weighted by Gasteiger charge is -2.38. The molecule has 2 aromatic carbocycles. The molecule has 0 aliphatic carbocycles. The SMILES string of the molecule is COCC1COc2c(-c3nc4c(Br)cc(C(F)(F)F)cc4[nH]3)cccc2N1c1ccc(C)cn1. The van der Waals surface area contributed by atoms with Gasteiger partial charge < -0.3 is 19.4 Å². The van der Waals surface area contributed by atoms with Crippen molar-refractivity contribution in [3.8, 4) is 17.1 Å². The summed E-state index contributed by atoms with van der Waals surface area (Å²) in [7, 11) is 1.63. The van der Waals surface area contributed by atoms with Crippen molar-refractivity contribution in [1.29, 1.82) is 0 Å². The van der Waals surface area contributed by atoms with Crippen LogP contribution >= 0.6 is 15.9 Å². The molecule has 0 saturated heterocycles. The van der Waals surface area contributed by atoms with Crippen LogP contribution in [-0.4, -0.2) is 41.3 Å². The fourth-order valence-corrected chi connectivity index (χ4v) is 4.65. The van der Waals surface area contributed by atoms with E-state index >= 15 is 0 Å². The van der Waals surface area contributed by atoms with Crippen molar-refractivity contribution in [1.82, 2.24) is 15.0 Å². The molecule has 2 aromatic heterocycles. The van der Waals surface area contributed by atoms with E-state index in [4.69, 9.17) is 9.47 Å². The number of pyridine rings is 1. The van der Waals surface area contributed by atoms with Crippen LogP contribution in [-0.2, 0) is 10.9 Å². The maximum Gasteiger partial charge on any atom is 0.416 e. The average Bonchev–Trinajstić information content (AvgIpc) is 3.24. The Morgan fingerprint density at radius 1 is 1.24 bits per heavy atom. The predicted molar refractivity (Wildman–Crippen MR) is 127 cm³/mol. The fraction of sp³-hybridized carbons (Fsp3) is 0.250. The third kappa shape index (κ3) is 4.01. The minimum absolute atomic E-state index is 0.109. The summed E-state index contributed by atoms with van der Waals surface area (Å²) < 4.78 is 51.7. The molecular weight excluding hydrogens is 513 g/mol. The molecule has 1 N–H and O–H groups in total. The van der Waals surface area contributed by atoms with E-state index in [0.717, 1.165) is 29.2 Å². The van der Waals surface area contributed by atoms with Gasteiger partial charge in [0.2, 0.25) is 0 Å². The van der Waals surface area contributed by atoms with Crippen LogP contribution in [0.3, 0.4) is 0 Å². The van der Waals surface area contributed by atoms with Crippen molar-refractivity contribution in [3.63, 3.8) is 0 Å². The van der Waals surface area contributed by atoms with Crippen LogP contribution in [0.25, 0.3) is 22.4 Å². The minimum atomic E-state index is -4.46. The van der Waals surface area contributed by atoms with E-state index in [0.29, 0.717) is 35.9 Å². The van der Waals surface area contributed by atoms with Crippen LogP contribution in [0, 0.1) is 6.92 Å². The molecular formula is C24H20BrF3N4O2. The van der Waals surface area contributed by atoms with Gasteiger partial charge in [-0.2, -0.15) is 13.2 Å².